The Bertz CT molecular complexity index is 1280. The molecular weight excluding hydrogens is 447 g/mol. The number of halogens is 2. The van der Waals surface area contributed by atoms with Gasteiger partial charge in [-0.05, 0) is 49.9 Å². The van der Waals surface area contributed by atoms with Crippen molar-refractivity contribution in [2.45, 2.75) is 39.0 Å². The fourth-order valence-corrected chi connectivity index (χ4v) is 4.98. The van der Waals surface area contributed by atoms with Gasteiger partial charge in [0, 0.05) is 11.9 Å². The molecular formula is C24H24Cl2N4O2. The summed E-state index contributed by atoms with van der Waals surface area (Å²) in [6.45, 7) is 2.56. The maximum Gasteiger partial charge on any atom is 0.255 e. The molecule has 2 aromatic heterocycles. The first-order valence-electron chi connectivity index (χ1n) is 10.9. The SMILES string of the molecule is Cc1cc2c(o1)c(C(=O)NCC1CCCCC1)cc1[nH]c(Nc3c(Cl)cccc3Cl)nc12. The molecule has 1 aliphatic carbocycles. The van der Waals surface area contributed by atoms with Crippen LogP contribution in [0.15, 0.2) is 34.7 Å². The lowest BCUT2D eigenvalue weighted by molar-refractivity contribution is 0.0944. The van der Waals surface area contributed by atoms with E-state index in [1.807, 2.05) is 13.0 Å². The van der Waals surface area contributed by atoms with E-state index in [0.29, 0.717) is 50.8 Å². The summed E-state index contributed by atoms with van der Waals surface area (Å²) in [7, 11) is 0. The van der Waals surface area contributed by atoms with Crippen LogP contribution in [-0.4, -0.2) is 22.4 Å². The number of hydrogen-bond donors (Lipinski definition) is 3. The van der Waals surface area contributed by atoms with Crippen molar-refractivity contribution in [2.24, 2.45) is 5.92 Å². The number of aromatic nitrogens is 2. The second-order valence-corrected chi connectivity index (χ2v) is 9.26. The molecule has 1 aliphatic rings. The first kappa shape index (κ1) is 21.2. The van der Waals surface area contributed by atoms with Crippen molar-refractivity contribution in [3.8, 4) is 0 Å². The van der Waals surface area contributed by atoms with E-state index in [4.69, 9.17) is 27.6 Å². The largest absolute Gasteiger partial charge is 0.460 e. The molecule has 0 aliphatic heterocycles. The van der Waals surface area contributed by atoms with Crippen molar-refractivity contribution in [3.63, 3.8) is 0 Å². The first-order valence-corrected chi connectivity index (χ1v) is 11.7. The number of benzene rings is 2. The van der Waals surface area contributed by atoms with Gasteiger partial charge >= 0.3 is 0 Å². The Kier molecular flexibility index (Phi) is 5.74. The highest BCUT2D eigenvalue weighted by atomic mass is 35.5. The number of imidazole rings is 1. The number of H-pyrrole nitrogens is 1. The number of furan rings is 1. The monoisotopic (exact) mass is 470 g/mol. The van der Waals surface area contributed by atoms with Gasteiger partial charge in [-0.15, -0.1) is 0 Å². The van der Waals surface area contributed by atoms with Gasteiger partial charge in [-0.25, -0.2) is 4.98 Å². The molecule has 4 aromatic rings. The third kappa shape index (κ3) is 4.05. The van der Waals surface area contributed by atoms with Crippen molar-refractivity contribution in [1.29, 1.82) is 0 Å². The second-order valence-electron chi connectivity index (χ2n) is 8.44. The molecule has 3 N–H and O–H groups in total. The van der Waals surface area contributed by atoms with Crippen molar-refractivity contribution >= 4 is 62.7 Å². The molecule has 0 unspecified atom stereocenters. The average molecular weight is 471 g/mol. The van der Waals surface area contributed by atoms with Crippen LogP contribution in [0.1, 0.15) is 48.2 Å². The highest BCUT2D eigenvalue weighted by Gasteiger charge is 2.21. The Morgan fingerprint density at radius 1 is 1.19 bits per heavy atom. The smallest absolute Gasteiger partial charge is 0.255 e. The molecule has 6 nitrogen and oxygen atoms in total. The third-order valence-electron chi connectivity index (χ3n) is 6.10. The Hall–Kier alpha value is -2.70. The van der Waals surface area contributed by atoms with Crippen LogP contribution in [0.4, 0.5) is 11.6 Å². The molecule has 1 saturated carbocycles. The van der Waals surface area contributed by atoms with Gasteiger partial charge in [-0.3, -0.25) is 4.79 Å². The average Bonchev–Trinajstić information content (AvgIpc) is 3.37. The molecule has 0 atom stereocenters. The zero-order valence-corrected chi connectivity index (χ0v) is 19.2. The number of nitrogens with zero attached hydrogens (tertiary/aromatic N) is 1. The first-order chi connectivity index (χ1) is 15.5. The molecule has 0 saturated heterocycles. The van der Waals surface area contributed by atoms with Gasteiger partial charge in [0.15, 0.2) is 0 Å². The summed E-state index contributed by atoms with van der Waals surface area (Å²) in [5.74, 6) is 1.62. The summed E-state index contributed by atoms with van der Waals surface area (Å²) in [4.78, 5) is 21.0. The van der Waals surface area contributed by atoms with E-state index >= 15 is 0 Å². The number of hydrogen-bond acceptors (Lipinski definition) is 4. The van der Waals surface area contributed by atoms with Crippen LogP contribution in [0.3, 0.4) is 0 Å². The maximum absolute atomic E-state index is 13.1. The van der Waals surface area contributed by atoms with E-state index in [-0.39, 0.29) is 5.91 Å². The van der Waals surface area contributed by atoms with Gasteiger partial charge in [0.25, 0.3) is 5.91 Å². The van der Waals surface area contributed by atoms with Gasteiger partial charge in [-0.1, -0.05) is 48.5 Å². The van der Waals surface area contributed by atoms with Crippen LogP contribution < -0.4 is 10.6 Å². The molecule has 0 radical (unpaired) electrons. The highest BCUT2D eigenvalue weighted by Crippen LogP contribution is 2.35. The predicted molar refractivity (Wildman–Crippen MR) is 129 cm³/mol. The Labute approximate surface area is 195 Å². The minimum absolute atomic E-state index is 0.130. The minimum atomic E-state index is -0.130. The molecule has 1 fully saturated rings. The summed E-state index contributed by atoms with van der Waals surface area (Å²) in [5, 5.41) is 8.04. The fraction of sp³-hybridized carbons (Fsp3) is 0.333. The number of para-hydroxylation sites is 1. The van der Waals surface area contributed by atoms with Gasteiger partial charge in [0.1, 0.15) is 16.9 Å². The van der Waals surface area contributed by atoms with Crippen LogP contribution in [-0.2, 0) is 0 Å². The molecule has 0 bridgehead atoms. The van der Waals surface area contributed by atoms with Crippen molar-refractivity contribution in [3.05, 3.63) is 51.7 Å². The van der Waals surface area contributed by atoms with Gasteiger partial charge in [0.2, 0.25) is 5.95 Å². The van der Waals surface area contributed by atoms with E-state index < -0.39 is 0 Å². The zero-order valence-electron chi connectivity index (χ0n) is 17.7. The standard InChI is InChI=1S/C24H24Cl2N4O2/c1-13-10-15-20-19(28-24(29-20)30-21-17(25)8-5-9-18(21)26)11-16(22(15)32-13)23(31)27-12-14-6-3-2-4-7-14/h5,8-11,14H,2-4,6-7,12H2,1H3,(H,27,31)(H2,28,29,30). The summed E-state index contributed by atoms with van der Waals surface area (Å²) in [5.41, 5.74) is 3.06. The lowest BCUT2D eigenvalue weighted by Gasteiger charge is -2.21. The number of carbonyl (C=O) groups is 1. The third-order valence-corrected chi connectivity index (χ3v) is 6.73. The summed E-state index contributed by atoms with van der Waals surface area (Å²) < 4.78 is 5.91. The number of carbonyl (C=O) groups excluding carboxylic acids is 1. The van der Waals surface area contributed by atoms with Gasteiger partial charge < -0.3 is 20.0 Å². The molecule has 2 heterocycles. The maximum atomic E-state index is 13.1. The molecule has 1 amide bonds. The van der Waals surface area contributed by atoms with Crippen molar-refractivity contribution < 1.29 is 9.21 Å². The lowest BCUT2D eigenvalue weighted by atomic mass is 9.89. The van der Waals surface area contributed by atoms with E-state index in [0.717, 1.165) is 16.7 Å². The van der Waals surface area contributed by atoms with Crippen molar-refractivity contribution in [2.75, 3.05) is 11.9 Å². The fourth-order valence-electron chi connectivity index (χ4n) is 4.48. The van der Waals surface area contributed by atoms with E-state index in [9.17, 15) is 4.79 Å². The highest BCUT2D eigenvalue weighted by molar-refractivity contribution is 6.39. The summed E-state index contributed by atoms with van der Waals surface area (Å²) in [6, 6.07) is 8.99. The molecule has 0 spiro atoms. The van der Waals surface area contributed by atoms with Gasteiger partial charge in [-0.2, -0.15) is 0 Å². The number of amides is 1. The van der Waals surface area contributed by atoms with Crippen LogP contribution in [0.5, 0.6) is 0 Å². The van der Waals surface area contributed by atoms with Crippen LogP contribution in [0, 0.1) is 12.8 Å². The van der Waals surface area contributed by atoms with Crippen LogP contribution in [0.25, 0.3) is 22.0 Å². The normalized spacial score (nSPS) is 14.8. The topological polar surface area (TPSA) is 83.0 Å². The van der Waals surface area contributed by atoms with E-state index in [1.54, 1.807) is 24.3 Å². The zero-order chi connectivity index (χ0) is 22.2. The quantitative estimate of drug-likeness (QED) is 0.293. The Morgan fingerprint density at radius 2 is 1.94 bits per heavy atom. The lowest BCUT2D eigenvalue weighted by Crippen LogP contribution is -2.30. The second kappa shape index (κ2) is 8.68. The van der Waals surface area contributed by atoms with E-state index in [2.05, 4.69) is 20.6 Å². The minimum Gasteiger partial charge on any atom is -0.460 e. The molecule has 2 aromatic carbocycles. The van der Waals surface area contributed by atoms with Gasteiger partial charge in [0.05, 0.1) is 26.8 Å². The number of anilines is 2. The summed E-state index contributed by atoms with van der Waals surface area (Å²) in [6.07, 6.45) is 6.13. The number of nitrogens with one attached hydrogen (secondary N) is 3. The molecule has 166 valence electrons. The molecule has 8 heteroatoms. The van der Waals surface area contributed by atoms with Crippen molar-refractivity contribution in [1.82, 2.24) is 15.3 Å². The van der Waals surface area contributed by atoms with Crippen LogP contribution >= 0.6 is 23.2 Å². The predicted octanol–water partition coefficient (Wildman–Crippen LogP) is 6.98. The Balaban J connectivity index is 1.49. The number of rotatable bonds is 5. The number of aryl methyl sites for hydroxylation is 1. The summed E-state index contributed by atoms with van der Waals surface area (Å²) >= 11 is 12.6. The number of aromatic amines is 1. The van der Waals surface area contributed by atoms with Crippen LogP contribution in [0.2, 0.25) is 10.0 Å². The molecule has 32 heavy (non-hydrogen) atoms. The Morgan fingerprint density at radius 3 is 2.69 bits per heavy atom. The number of fused-ring (bicyclic) bond motifs is 3. The molecule has 5 rings (SSSR count). The van der Waals surface area contributed by atoms with E-state index in [1.165, 1.54) is 32.1 Å².